The molecule has 0 aromatic carbocycles. The molecule has 0 spiro atoms. The minimum atomic E-state index is -4.33. The maximum absolute atomic E-state index is 11.9. The highest BCUT2D eigenvalue weighted by Crippen LogP contribution is 2.17. The van der Waals surface area contributed by atoms with Crippen molar-refractivity contribution in [3.63, 3.8) is 0 Å². The van der Waals surface area contributed by atoms with Gasteiger partial charge in [-0.2, -0.15) is 18.2 Å². The molecule has 19 heavy (non-hydrogen) atoms. The Hall–Kier alpha value is -1.35. The van der Waals surface area contributed by atoms with Crippen molar-refractivity contribution in [1.29, 1.82) is 0 Å². The van der Waals surface area contributed by atoms with E-state index < -0.39 is 12.8 Å². The first-order valence-corrected chi connectivity index (χ1v) is 6.00. The molecule has 0 bridgehead atoms. The Morgan fingerprint density at radius 2 is 2.26 bits per heavy atom. The number of nitrogens with two attached hydrogens (primary N) is 1. The van der Waals surface area contributed by atoms with Crippen LogP contribution in [0.15, 0.2) is 0 Å². The van der Waals surface area contributed by atoms with E-state index in [1.807, 2.05) is 4.90 Å². The van der Waals surface area contributed by atoms with Gasteiger partial charge in [0.05, 0.1) is 0 Å². The van der Waals surface area contributed by atoms with Gasteiger partial charge >= 0.3 is 6.18 Å². The van der Waals surface area contributed by atoms with Crippen molar-refractivity contribution in [2.75, 3.05) is 24.6 Å². The van der Waals surface area contributed by atoms with Gasteiger partial charge < -0.3 is 15.4 Å². The highest BCUT2D eigenvalue weighted by Gasteiger charge is 2.27. The zero-order valence-corrected chi connectivity index (χ0v) is 10.3. The van der Waals surface area contributed by atoms with Gasteiger partial charge in [0.25, 0.3) is 0 Å². The molecule has 9 heteroatoms. The van der Waals surface area contributed by atoms with Gasteiger partial charge in [-0.05, 0) is 12.8 Å². The number of alkyl halides is 3. The molecular weight excluding hydrogens is 263 g/mol. The molecule has 1 aromatic rings. The summed E-state index contributed by atoms with van der Waals surface area (Å²) in [6.45, 7) is -0.0842. The Morgan fingerprint density at radius 3 is 2.95 bits per heavy atom. The smallest absolute Gasteiger partial charge is 0.364 e. The fourth-order valence-corrected chi connectivity index (χ4v) is 1.95. The fourth-order valence-electron chi connectivity index (χ4n) is 1.95. The van der Waals surface area contributed by atoms with Crippen LogP contribution in [0.1, 0.15) is 18.7 Å². The molecule has 1 atom stereocenters. The number of aromatic amines is 1. The average molecular weight is 279 g/mol. The number of piperidine rings is 1. The number of anilines is 1. The van der Waals surface area contributed by atoms with E-state index in [1.165, 1.54) is 0 Å². The van der Waals surface area contributed by atoms with Crippen LogP contribution in [-0.4, -0.2) is 47.1 Å². The molecule has 108 valence electrons. The standard InChI is InChI=1S/C10H16F3N5O/c11-10(12,13)6-19-5-8-15-9(17-16-8)18-3-1-2-7(14)4-18/h7H,1-6,14H2,(H,15,16,17). The largest absolute Gasteiger partial charge is 0.411 e. The molecule has 1 unspecified atom stereocenters. The van der Waals surface area contributed by atoms with E-state index in [1.54, 1.807) is 0 Å². The number of rotatable bonds is 4. The Labute approximate surface area is 108 Å². The number of H-pyrrole nitrogens is 1. The Balaban J connectivity index is 1.85. The summed E-state index contributed by atoms with van der Waals surface area (Å²) in [7, 11) is 0. The van der Waals surface area contributed by atoms with E-state index in [4.69, 9.17) is 5.73 Å². The summed E-state index contributed by atoms with van der Waals surface area (Å²) in [4.78, 5) is 6.01. The summed E-state index contributed by atoms with van der Waals surface area (Å²) in [5.41, 5.74) is 5.84. The van der Waals surface area contributed by atoms with E-state index in [2.05, 4.69) is 19.9 Å². The molecule has 0 amide bonds. The molecule has 0 aliphatic carbocycles. The van der Waals surface area contributed by atoms with E-state index in [-0.39, 0.29) is 18.5 Å². The van der Waals surface area contributed by atoms with Crippen molar-refractivity contribution in [2.45, 2.75) is 31.7 Å². The first kappa shape index (κ1) is 14.1. The highest BCUT2D eigenvalue weighted by atomic mass is 19.4. The van der Waals surface area contributed by atoms with Crippen molar-refractivity contribution in [1.82, 2.24) is 15.2 Å². The van der Waals surface area contributed by atoms with Crippen LogP contribution in [0, 0.1) is 0 Å². The molecule has 2 heterocycles. The summed E-state index contributed by atoms with van der Waals surface area (Å²) in [6.07, 6.45) is -2.42. The maximum atomic E-state index is 11.9. The quantitative estimate of drug-likeness (QED) is 0.852. The molecule has 0 radical (unpaired) electrons. The Kier molecular flexibility index (Phi) is 4.25. The van der Waals surface area contributed by atoms with E-state index in [0.29, 0.717) is 12.5 Å². The minimum absolute atomic E-state index is 0.0807. The number of halogens is 3. The third-order valence-corrected chi connectivity index (χ3v) is 2.77. The van der Waals surface area contributed by atoms with Crippen molar-refractivity contribution in [3.8, 4) is 0 Å². The lowest BCUT2D eigenvalue weighted by Crippen LogP contribution is -2.43. The molecule has 6 nitrogen and oxygen atoms in total. The normalized spacial score (nSPS) is 20.8. The number of aromatic nitrogens is 3. The summed E-state index contributed by atoms with van der Waals surface area (Å²) in [5.74, 6) is 0.735. The number of nitrogens with zero attached hydrogens (tertiary/aromatic N) is 3. The molecule has 1 aliphatic heterocycles. The molecule has 1 aromatic heterocycles. The fraction of sp³-hybridized carbons (Fsp3) is 0.800. The second-order valence-corrected chi connectivity index (χ2v) is 4.54. The molecule has 2 rings (SSSR count). The van der Waals surface area contributed by atoms with E-state index >= 15 is 0 Å². The second-order valence-electron chi connectivity index (χ2n) is 4.54. The van der Waals surface area contributed by atoms with Crippen LogP contribution >= 0.6 is 0 Å². The first-order valence-electron chi connectivity index (χ1n) is 6.00. The summed E-state index contributed by atoms with van der Waals surface area (Å²) in [5, 5.41) is 6.53. The third-order valence-electron chi connectivity index (χ3n) is 2.77. The number of ether oxygens (including phenoxy) is 1. The number of hydrogen-bond donors (Lipinski definition) is 2. The van der Waals surface area contributed by atoms with Gasteiger partial charge in [0.2, 0.25) is 5.95 Å². The van der Waals surface area contributed by atoms with Gasteiger partial charge in [-0.25, -0.2) is 0 Å². The van der Waals surface area contributed by atoms with E-state index in [9.17, 15) is 13.2 Å². The zero-order chi connectivity index (χ0) is 13.9. The lowest BCUT2D eigenvalue weighted by Gasteiger charge is -2.29. The number of hydrogen-bond acceptors (Lipinski definition) is 5. The Bertz CT molecular complexity index is 408. The minimum Gasteiger partial charge on any atom is -0.364 e. The van der Waals surface area contributed by atoms with Crippen LogP contribution in [0.5, 0.6) is 0 Å². The van der Waals surface area contributed by atoms with Gasteiger partial charge in [-0.15, -0.1) is 5.10 Å². The monoisotopic (exact) mass is 279 g/mol. The Morgan fingerprint density at radius 1 is 1.47 bits per heavy atom. The third kappa shape index (κ3) is 4.35. The highest BCUT2D eigenvalue weighted by molar-refractivity contribution is 5.29. The van der Waals surface area contributed by atoms with Crippen molar-refractivity contribution in [3.05, 3.63) is 5.82 Å². The lowest BCUT2D eigenvalue weighted by molar-refractivity contribution is -0.177. The SMILES string of the molecule is NC1CCCN(c2n[nH]c(COCC(F)(F)F)n2)C1. The summed E-state index contributed by atoms with van der Waals surface area (Å²) in [6, 6.07) is 0.0807. The van der Waals surface area contributed by atoms with E-state index in [0.717, 1.165) is 19.4 Å². The van der Waals surface area contributed by atoms with Crippen molar-refractivity contribution >= 4 is 5.95 Å². The molecule has 0 saturated carbocycles. The van der Waals surface area contributed by atoms with Gasteiger partial charge in [0.1, 0.15) is 13.2 Å². The van der Waals surface area contributed by atoms with Crippen LogP contribution in [0.3, 0.4) is 0 Å². The topological polar surface area (TPSA) is 80.1 Å². The lowest BCUT2D eigenvalue weighted by atomic mass is 10.1. The molecule has 3 N–H and O–H groups in total. The van der Waals surface area contributed by atoms with Gasteiger partial charge in [0, 0.05) is 19.1 Å². The van der Waals surface area contributed by atoms with Crippen molar-refractivity contribution < 1.29 is 17.9 Å². The maximum Gasteiger partial charge on any atom is 0.411 e. The molecule has 1 fully saturated rings. The van der Waals surface area contributed by atoms with Crippen LogP contribution in [0.4, 0.5) is 19.1 Å². The van der Waals surface area contributed by atoms with Gasteiger partial charge in [-0.3, -0.25) is 5.10 Å². The zero-order valence-electron chi connectivity index (χ0n) is 10.3. The van der Waals surface area contributed by atoms with Crippen LogP contribution in [0.2, 0.25) is 0 Å². The summed E-state index contributed by atoms with van der Waals surface area (Å²) >= 11 is 0. The average Bonchev–Trinajstić information content (AvgIpc) is 2.76. The summed E-state index contributed by atoms with van der Waals surface area (Å²) < 4.78 is 40.2. The molecule has 1 aliphatic rings. The number of nitrogens with one attached hydrogen (secondary N) is 1. The van der Waals surface area contributed by atoms with Crippen LogP contribution in [-0.2, 0) is 11.3 Å². The van der Waals surface area contributed by atoms with Gasteiger partial charge in [0.15, 0.2) is 5.82 Å². The van der Waals surface area contributed by atoms with Crippen LogP contribution in [0.25, 0.3) is 0 Å². The van der Waals surface area contributed by atoms with Crippen LogP contribution < -0.4 is 10.6 Å². The second kappa shape index (κ2) is 5.74. The van der Waals surface area contributed by atoms with Gasteiger partial charge in [-0.1, -0.05) is 0 Å². The first-order chi connectivity index (χ1) is 8.94. The molecule has 1 saturated heterocycles. The predicted molar refractivity (Wildman–Crippen MR) is 61.5 cm³/mol. The predicted octanol–water partition coefficient (Wildman–Crippen LogP) is 0.811. The van der Waals surface area contributed by atoms with Crippen molar-refractivity contribution in [2.24, 2.45) is 5.73 Å². The molecular formula is C10H16F3N5O.